The summed E-state index contributed by atoms with van der Waals surface area (Å²) in [5, 5.41) is 8.95. The molecule has 0 spiro atoms. The highest BCUT2D eigenvalue weighted by atomic mass is 19.4. The van der Waals surface area contributed by atoms with Gasteiger partial charge in [-0.05, 0) is 49.2 Å². The number of guanidine groups is 1. The van der Waals surface area contributed by atoms with Gasteiger partial charge in [0, 0.05) is 25.2 Å². The number of carbonyl (C=O) groups is 1. The van der Waals surface area contributed by atoms with E-state index in [0.717, 1.165) is 23.3 Å². The topological polar surface area (TPSA) is 65.5 Å². The number of hydrogen-bond acceptors (Lipinski definition) is 2. The van der Waals surface area contributed by atoms with Gasteiger partial charge in [-0.1, -0.05) is 24.3 Å². The molecule has 29 heavy (non-hydrogen) atoms. The second-order valence-electron chi connectivity index (χ2n) is 6.30. The molecule has 156 valence electrons. The van der Waals surface area contributed by atoms with Gasteiger partial charge in [0.05, 0.1) is 12.1 Å². The molecule has 0 fully saturated rings. The summed E-state index contributed by atoms with van der Waals surface area (Å²) >= 11 is 0. The molecule has 5 nitrogen and oxygen atoms in total. The van der Waals surface area contributed by atoms with Crippen LogP contribution < -0.4 is 16.0 Å². The van der Waals surface area contributed by atoms with E-state index in [2.05, 4.69) is 20.9 Å². The minimum absolute atomic E-state index is 0.117. The van der Waals surface area contributed by atoms with Gasteiger partial charge in [-0.15, -0.1) is 0 Å². The fraction of sp³-hybridized carbons (Fsp3) is 0.333. The van der Waals surface area contributed by atoms with Crippen LogP contribution in [-0.4, -0.2) is 25.0 Å². The van der Waals surface area contributed by atoms with Crippen molar-refractivity contribution < 1.29 is 18.0 Å². The molecular formula is C21H25F3N4O. The molecule has 2 aromatic carbocycles. The highest BCUT2D eigenvalue weighted by Crippen LogP contribution is 2.29. The predicted molar refractivity (Wildman–Crippen MR) is 108 cm³/mol. The molecule has 0 bridgehead atoms. The molecule has 2 aromatic rings. The molecular weight excluding hydrogens is 381 g/mol. The maximum Gasteiger partial charge on any atom is 0.416 e. The third-order valence-electron chi connectivity index (χ3n) is 4.06. The van der Waals surface area contributed by atoms with Crippen LogP contribution in [0, 0.1) is 0 Å². The first-order valence-corrected chi connectivity index (χ1v) is 9.39. The van der Waals surface area contributed by atoms with Crippen LogP contribution in [0.4, 0.5) is 13.2 Å². The van der Waals surface area contributed by atoms with E-state index in [0.29, 0.717) is 37.7 Å². The Hall–Kier alpha value is -3.03. The Labute approximate surface area is 168 Å². The van der Waals surface area contributed by atoms with Crippen LogP contribution in [0.15, 0.2) is 53.5 Å². The largest absolute Gasteiger partial charge is 0.416 e. The average molecular weight is 406 g/mol. The van der Waals surface area contributed by atoms with Gasteiger partial charge < -0.3 is 16.0 Å². The molecule has 0 aliphatic rings. The van der Waals surface area contributed by atoms with Crippen molar-refractivity contribution >= 4 is 11.9 Å². The standard InChI is InChI=1S/C21H25F3N4O/c1-3-25-19(29)17-9-5-15(6-10-17)13-27-20(26-4-2)28-14-16-7-11-18(12-8-16)21(22,23)24/h5-12H,3-4,13-14H2,1-2H3,(H,25,29)(H2,26,27,28). The van der Waals surface area contributed by atoms with Gasteiger partial charge in [-0.2, -0.15) is 13.2 Å². The van der Waals surface area contributed by atoms with Gasteiger partial charge >= 0.3 is 6.18 Å². The number of rotatable bonds is 7. The molecule has 0 unspecified atom stereocenters. The number of hydrogen-bond donors (Lipinski definition) is 3. The van der Waals surface area contributed by atoms with Crippen molar-refractivity contribution in [1.82, 2.24) is 16.0 Å². The van der Waals surface area contributed by atoms with Crippen molar-refractivity contribution in [2.24, 2.45) is 4.99 Å². The van der Waals surface area contributed by atoms with Crippen LogP contribution in [-0.2, 0) is 19.3 Å². The first kappa shape index (κ1) is 22.3. The van der Waals surface area contributed by atoms with E-state index in [4.69, 9.17) is 0 Å². The number of aliphatic imine (C=N–C) groups is 1. The number of carbonyl (C=O) groups excluding carboxylic acids is 1. The first-order chi connectivity index (χ1) is 13.8. The number of alkyl halides is 3. The molecule has 0 aromatic heterocycles. The maximum atomic E-state index is 12.6. The molecule has 0 aliphatic heterocycles. The smallest absolute Gasteiger partial charge is 0.357 e. The fourth-order valence-electron chi connectivity index (χ4n) is 2.53. The summed E-state index contributed by atoms with van der Waals surface area (Å²) in [6, 6.07) is 12.2. The van der Waals surface area contributed by atoms with Crippen molar-refractivity contribution in [2.75, 3.05) is 13.1 Å². The van der Waals surface area contributed by atoms with Gasteiger partial charge in [0.2, 0.25) is 0 Å². The van der Waals surface area contributed by atoms with Crippen molar-refractivity contribution in [3.05, 3.63) is 70.8 Å². The average Bonchev–Trinajstić information content (AvgIpc) is 2.70. The maximum absolute atomic E-state index is 12.6. The lowest BCUT2D eigenvalue weighted by molar-refractivity contribution is -0.137. The summed E-state index contributed by atoms with van der Waals surface area (Å²) in [5.74, 6) is 0.439. The zero-order valence-electron chi connectivity index (χ0n) is 16.4. The zero-order chi connectivity index (χ0) is 21.3. The third-order valence-corrected chi connectivity index (χ3v) is 4.06. The molecule has 0 radical (unpaired) electrons. The highest BCUT2D eigenvalue weighted by molar-refractivity contribution is 5.94. The lowest BCUT2D eigenvalue weighted by Gasteiger charge is -2.12. The van der Waals surface area contributed by atoms with E-state index in [-0.39, 0.29) is 5.91 Å². The van der Waals surface area contributed by atoms with Crippen LogP contribution in [0.25, 0.3) is 0 Å². The Balaban J connectivity index is 1.96. The monoisotopic (exact) mass is 406 g/mol. The molecule has 2 rings (SSSR count). The molecule has 0 atom stereocenters. The normalized spacial score (nSPS) is 11.8. The molecule has 8 heteroatoms. The minimum atomic E-state index is -4.34. The molecule has 1 amide bonds. The van der Waals surface area contributed by atoms with E-state index in [1.807, 2.05) is 26.0 Å². The summed E-state index contributed by atoms with van der Waals surface area (Å²) in [6.07, 6.45) is -4.34. The summed E-state index contributed by atoms with van der Waals surface area (Å²) in [6.45, 7) is 5.76. The van der Waals surface area contributed by atoms with E-state index < -0.39 is 11.7 Å². The van der Waals surface area contributed by atoms with Gasteiger partial charge in [-0.3, -0.25) is 4.79 Å². The SMILES string of the molecule is CCNC(=O)c1ccc(CN=C(NCC)NCc2ccc(C(F)(F)F)cc2)cc1. The molecule has 0 saturated carbocycles. The first-order valence-electron chi connectivity index (χ1n) is 9.39. The van der Waals surface area contributed by atoms with Crippen molar-refractivity contribution in [3.8, 4) is 0 Å². The molecule has 0 saturated heterocycles. The van der Waals surface area contributed by atoms with E-state index in [1.54, 1.807) is 12.1 Å². The van der Waals surface area contributed by atoms with Crippen molar-refractivity contribution in [1.29, 1.82) is 0 Å². The minimum Gasteiger partial charge on any atom is -0.357 e. The quantitative estimate of drug-likeness (QED) is 0.485. The lowest BCUT2D eigenvalue weighted by Crippen LogP contribution is -2.36. The van der Waals surface area contributed by atoms with Crippen LogP contribution in [0.2, 0.25) is 0 Å². The van der Waals surface area contributed by atoms with Crippen LogP contribution in [0.3, 0.4) is 0 Å². The summed E-state index contributed by atoms with van der Waals surface area (Å²) in [7, 11) is 0. The Bertz CT molecular complexity index is 815. The van der Waals surface area contributed by atoms with Crippen molar-refractivity contribution in [2.45, 2.75) is 33.1 Å². The summed E-state index contributed by atoms with van der Waals surface area (Å²) in [5.41, 5.74) is 1.57. The number of benzene rings is 2. The van der Waals surface area contributed by atoms with Crippen LogP contribution >= 0.6 is 0 Å². The number of nitrogens with one attached hydrogen (secondary N) is 3. The van der Waals surface area contributed by atoms with Gasteiger partial charge in [0.15, 0.2) is 5.96 Å². The Kier molecular flexibility index (Phi) is 8.06. The van der Waals surface area contributed by atoms with Gasteiger partial charge in [-0.25, -0.2) is 4.99 Å². The zero-order valence-corrected chi connectivity index (χ0v) is 16.4. The Morgan fingerprint density at radius 3 is 2.00 bits per heavy atom. The molecule has 0 aliphatic carbocycles. The number of amides is 1. The molecule has 3 N–H and O–H groups in total. The fourth-order valence-corrected chi connectivity index (χ4v) is 2.53. The highest BCUT2D eigenvalue weighted by Gasteiger charge is 2.29. The van der Waals surface area contributed by atoms with Gasteiger partial charge in [0.25, 0.3) is 5.91 Å². The molecule has 0 heterocycles. The Morgan fingerprint density at radius 2 is 1.45 bits per heavy atom. The predicted octanol–water partition coefficient (Wildman–Crippen LogP) is 3.71. The second-order valence-corrected chi connectivity index (χ2v) is 6.30. The van der Waals surface area contributed by atoms with Crippen LogP contribution in [0.1, 0.15) is 40.9 Å². The number of halogens is 3. The number of nitrogens with zero attached hydrogens (tertiary/aromatic N) is 1. The van der Waals surface area contributed by atoms with Gasteiger partial charge in [0.1, 0.15) is 0 Å². The summed E-state index contributed by atoms with van der Waals surface area (Å²) < 4.78 is 37.9. The van der Waals surface area contributed by atoms with E-state index >= 15 is 0 Å². The van der Waals surface area contributed by atoms with Crippen LogP contribution in [0.5, 0.6) is 0 Å². The summed E-state index contributed by atoms with van der Waals surface area (Å²) in [4.78, 5) is 16.3. The Morgan fingerprint density at radius 1 is 0.862 bits per heavy atom. The third kappa shape index (κ3) is 7.14. The lowest BCUT2D eigenvalue weighted by atomic mass is 10.1. The van der Waals surface area contributed by atoms with Crippen molar-refractivity contribution in [3.63, 3.8) is 0 Å². The van der Waals surface area contributed by atoms with E-state index in [9.17, 15) is 18.0 Å². The van der Waals surface area contributed by atoms with E-state index in [1.165, 1.54) is 12.1 Å². The second kappa shape index (κ2) is 10.5.